The lowest BCUT2D eigenvalue weighted by Gasteiger charge is -2.12. The second-order valence-electron chi connectivity index (χ2n) is 5.43. The number of fused-ring (bicyclic) bond motifs is 1. The minimum absolute atomic E-state index is 0.374. The Morgan fingerprint density at radius 2 is 1.95 bits per heavy atom. The molecule has 116 valence electrons. The quantitative estimate of drug-likeness (QED) is 0.827. The predicted molar refractivity (Wildman–Crippen MR) is 77.2 cm³/mol. The molecule has 21 heavy (non-hydrogen) atoms. The number of imidazole rings is 1. The number of rotatable bonds is 6. The van der Waals surface area contributed by atoms with Crippen molar-refractivity contribution in [1.29, 1.82) is 0 Å². The maximum absolute atomic E-state index is 12.8. The molecule has 1 heterocycles. The van der Waals surface area contributed by atoms with Crippen LogP contribution in [0.5, 0.6) is 0 Å². The zero-order chi connectivity index (χ0) is 15.5. The minimum atomic E-state index is -4.24. The predicted octanol–water partition coefficient (Wildman–Crippen LogP) is 3.53. The lowest BCUT2D eigenvalue weighted by Crippen LogP contribution is -2.24. The Balaban J connectivity index is 2.18. The molecule has 0 aliphatic carbocycles. The van der Waals surface area contributed by atoms with Gasteiger partial charge < -0.3 is 9.88 Å². The van der Waals surface area contributed by atoms with E-state index >= 15 is 0 Å². The van der Waals surface area contributed by atoms with Crippen molar-refractivity contribution in [2.45, 2.75) is 45.5 Å². The largest absolute Gasteiger partial charge is 0.406 e. The van der Waals surface area contributed by atoms with Crippen LogP contribution in [0, 0.1) is 0 Å². The molecule has 0 spiro atoms. The summed E-state index contributed by atoms with van der Waals surface area (Å²) in [6.45, 7) is 3.87. The average molecular weight is 299 g/mol. The van der Waals surface area contributed by atoms with Crippen molar-refractivity contribution < 1.29 is 13.2 Å². The van der Waals surface area contributed by atoms with Crippen molar-refractivity contribution >= 4 is 11.0 Å². The van der Waals surface area contributed by atoms with Gasteiger partial charge in [-0.1, -0.05) is 26.0 Å². The summed E-state index contributed by atoms with van der Waals surface area (Å²) in [5.41, 5.74) is 1.16. The third-order valence-electron chi connectivity index (χ3n) is 3.20. The lowest BCUT2D eigenvalue weighted by atomic mass is 10.2. The van der Waals surface area contributed by atoms with Gasteiger partial charge in [0, 0.05) is 12.5 Å². The fourth-order valence-corrected chi connectivity index (χ4v) is 2.31. The molecule has 0 fully saturated rings. The van der Waals surface area contributed by atoms with Gasteiger partial charge in [0.2, 0.25) is 0 Å². The van der Waals surface area contributed by atoms with Crippen LogP contribution < -0.4 is 5.32 Å². The van der Waals surface area contributed by atoms with E-state index in [0.717, 1.165) is 13.0 Å². The third-order valence-corrected chi connectivity index (χ3v) is 3.20. The summed E-state index contributed by atoms with van der Waals surface area (Å²) in [5, 5.41) is 3.26. The normalized spacial score (nSPS) is 12.5. The van der Waals surface area contributed by atoms with E-state index in [1.165, 1.54) is 4.57 Å². The van der Waals surface area contributed by atoms with Crippen molar-refractivity contribution in [3.05, 3.63) is 30.1 Å². The van der Waals surface area contributed by atoms with E-state index in [9.17, 15) is 13.2 Å². The van der Waals surface area contributed by atoms with Crippen molar-refractivity contribution in [1.82, 2.24) is 14.9 Å². The average Bonchev–Trinajstić information content (AvgIpc) is 2.71. The van der Waals surface area contributed by atoms with E-state index in [0.29, 0.717) is 29.3 Å². The number of nitrogens with zero attached hydrogens (tertiary/aromatic N) is 2. The highest BCUT2D eigenvalue weighted by atomic mass is 19.4. The molecule has 1 aromatic carbocycles. The molecule has 0 radical (unpaired) electrons. The Labute approximate surface area is 122 Å². The molecule has 2 aromatic rings. The van der Waals surface area contributed by atoms with E-state index in [1.54, 1.807) is 24.3 Å². The van der Waals surface area contributed by atoms with Crippen LogP contribution in [0.3, 0.4) is 0 Å². The molecule has 3 nitrogen and oxygen atoms in total. The van der Waals surface area contributed by atoms with Gasteiger partial charge in [0.05, 0.1) is 11.0 Å². The van der Waals surface area contributed by atoms with Gasteiger partial charge in [-0.15, -0.1) is 0 Å². The highest BCUT2D eigenvalue weighted by molar-refractivity contribution is 5.75. The fraction of sp³-hybridized carbons (Fsp3) is 0.533. The number of benzene rings is 1. The van der Waals surface area contributed by atoms with Gasteiger partial charge in [-0.3, -0.25) is 0 Å². The summed E-state index contributed by atoms with van der Waals surface area (Å²) >= 11 is 0. The Kier molecular flexibility index (Phi) is 4.88. The molecule has 1 aromatic heterocycles. The number of nitrogens with one attached hydrogen (secondary N) is 1. The Morgan fingerprint density at radius 1 is 1.24 bits per heavy atom. The maximum Gasteiger partial charge on any atom is 0.406 e. The smallest absolute Gasteiger partial charge is 0.319 e. The highest BCUT2D eigenvalue weighted by Gasteiger charge is 2.30. The SMILES string of the molecule is CC(C)NCCCc1nc2ccccc2n1CC(F)(F)F. The first kappa shape index (κ1) is 15.8. The summed E-state index contributed by atoms with van der Waals surface area (Å²) in [6, 6.07) is 7.33. The summed E-state index contributed by atoms with van der Waals surface area (Å²) in [6.07, 6.45) is -2.95. The number of hydrogen-bond acceptors (Lipinski definition) is 2. The second kappa shape index (κ2) is 6.47. The van der Waals surface area contributed by atoms with Crippen LogP contribution in [-0.4, -0.2) is 28.3 Å². The molecule has 2 rings (SSSR count). The van der Waals surface area contributed by atoms with Crippen molar-refractivity contribution in [3.8, 4) is 0 Å². The number of halogens is 3. The Bertz CT molecular complexity index is 587. The van der Waals surface area contributed by atoms with Gasteiger partial charge in [0.25, 0.3) is 0 Å². The van der Waals surface area contributed by atoms with Crippen LogP contribution in [0.4, 0.5) is 13.2 Å². The molecule has 0 bridgehead atoms. The van der Waals surface area contributed by atoms with Gasteiger partial charge in [-0.2, -0.15) is 13.2 Å². The first-order valence-electron chi connectivity index (χ1n) is 7.11. The third kappa shape index (κ3) is 4.46. The zero-order valence-corrected chi connectivity index (χ0v) is 12.2. The van der Waals surface area contributed by atoms with Crippen LogP contribution in [0.15, 0.2) is 24.3 Å². The van der Waals surface area contributed by atoms with Gasteiger partial charge >= 0.3 is 6.18 Å². The van der Waals surface area contributed by atoms with E-state index in [1.807, 2.05) is 13.8 Å². The minimum Gasteiger partial charge on any atom is -0.319 e. The monoisotopic (exact) mass is 299 g/mol. The topological polar surface area (TPSA) is 29.9 Å². The lowest BCUT2D eigenvalue weighted by molar-refractivity contribution is -0.140. The summed E-state index contributed by atoms with van der Waals surface area (Å²) in [4.78, 5) is 4.35. The first-order valence-corrected chi connectivity index (χ1v) is 7.11. The van der Waals surface area contributed by atoms with E-state index in [2.05, 4.69) is 10.3 Å². The van der Waals surface area contributed by atoms with Crippen molar-refractivity contribution in [2.24, 2.45) is 0 Å². The van der Waals surface area contributed by atoms with Gasteiger partial charge in [-0.25, -0.2) is 4.98 Å². The first-order chi connectivity index (χ1) is 9.87. The molecule has 0 saturated heterocycles. The van der Waals surface area contributed by atoms with Crippen LogP contribution in [0.1, 0.15) is 26.1 Å². The fourth-order valence-electron chi connectivity index (χ4n) is 2.31. The summed E-state index contributed by atoms with van der Waals surface area (Å²) in [7, 11) is 0. The summed E-state index contributed by atoms with van der Waals surface area (Å²) in [5.74, 6) is 0.499. The van der Waals surface area contributed by atoms with Gasteiger partial charge in [-0.05, 0) is 25.1 Å². The number of alkyl halides is 3. The van der Waals surface area contributed by atoms with Crippen LogP contribution in [0.25, 0.3) is 11.0 Å². The molecule has 0 atom stereocenters. The van der Waals surface area contributed by atoms with Crippen molar-refractivity contribution in [3.63, 3.8) is 0 Å². The van der Waals surface area contributed by atoms with Crippen LogP contribution in [0.2, 0.25) is 0 Å². The van der Waals surface area contributed by atoms with E-state index in [4.69, 9.17) is 0 Å². The molecule has 0 aliphatic heterocycles. The molecular weight excluding hydrogens is 279 g/mol. The molecule has 0 unspecified atom stereocenters. The molecular formula is C15H20F3N3. The van der Waals surface area contributed by atoms with Crippen molar-refractivity contribution in [2.75, 3.05) is 6.54 Å². The Morgan fingerprint density at radius 3 is 2.62 bits per heavy atom. The number of aromatic nitrogens is 2. The van der Waals surface area contributed by atoms with Gasteiger partial charge in [0.1, 0.15) is 12.4 Å². The molecule has 0 aliphatic rings. The van der Waals surface area contributed by atoms with Crippen LogP contribution >= 0.6 is 0 Å². The standard InChI is InChI=1S/C15H20F3N3/c1-11(2)19-9-5-8-14-20-12-6-3-4-7-13(12)21(14)10-15(16,17)18/h3-4,6-7,11,19H,5,8-10H2,1-2H3. The number of para-hydroxylation sites is 2. The maximum atomic E-state index is 12.8. The summed E-state index contributed by atoms with van der Waals surface area (Å²) < 4.78 is 39.6. The van der Waals surface area contributed by atoms with E-state index in [-0.39, 0.29) is 0 Å². The molecule has 6 heteroatoms. The van der Waals surface area contributed by atoms with E-state index < -0.39 is 12.7 Å². The number of aryl methyl sites for hydroxylation is 1. The second-order valence-corrected chi connectivity index (χ2v) is 5.43. The highest BCUT2D eigenvalue weighted by Crippen LogP contribution is 2.24. The Hall–Kier alpha value is -1.56. The van der Waals surface area contributed by atoms with Crippen LogP contribution in [-0.2, 0) is 13.0 Å². The molecule has 0 saturated carbocycles. The molecule has 0 amide bonds. The van der Waals surface area contributed by atoms with Gasteiger partial charge in [0.15, 0.2) is 0 Å². The molecule has 1 N–H and O–H groups in total. The zero-order valence-electron chi connectivity index (χ0n) is 12.2. The number of hydrogen-bond donors (Lipinski definition) is 1.